The summed E-state index contributed by atoms with van der Waals surface area (Å²) < 4.78 is 0. The van der Waals surface area contributed by atoms with Crippen molar-refractivity contribution in [2.24, 2.45) is 17.2 Å². The van der Waals surface area contributed by atoms with E-state index >= 15 is 0 Å². The number of carbonyl (C=O) groups excluding carboxylic acids is 3. The highest BCUT2D eigenvalue weighted by Gasteiger charge is 2.19. The molecule has 0 saturated carbocycles. The predicted octanol–water partition coefficient (Wildman–Crippen LogP) is -3.21. The molecule has 0 fully saturated rings. The Morgan fingerprint density at radius 2 is 1.77 bits per heavy atom. The Hall–Kier alpha value is -1.63. The van der Waals surface area contributed by atoms with Gasteiger partial charge in [-0.3, -0.25) is 14.4 Å². The molecule has 0 radical (unpaired) electrons. The minimum atomic E-state index is -1.08. The standard InChI is InChI=1S/C6H12N4O3/c7-2-5(12)10-3(6(9)13)1-4(8)11/h3H,1-2,7H2,(H2,8,11)(H2,9,13)(H,10,12)/t3-/m0/s1. The molecule has 0 rings (SSSR count). The van der Waals surface area contributed by atoms with Crippen molar-refractivity contribution in [3.63, 3.8) is 0 Å². The highest BCUT2D eigenvalue weighted by molar-refractivity contribution is 5.91. The molecule has 0 aliphatic rings. The molecule has 0 spiro atoms. The summed E-state index contributed by atoms with van der Waals surface area (Å²) in [7, 11) is 0. The van der Waals surface area contributed by atoms with Crippen molar-refractivity contribution in [2.45, 2.75) is 12.5 Å². The number of hydrogen-bond donors (Lipinski definition) is 4. The normalized spacial score (nSPS) is 11.8. The molecule has 0 aromatic carbocycles. The lowest BCUT2D eigenvalue weighted by molar-refractivity contribution is -0.129. The molecule has 0 heterocycles. The van der Waals surface area contributed by atoms with Gasteiger partial charge in [-0.25, -0.2) is 0 Å². The van der Waals surface area contributed by atoms with Crippen LogP contribution in [0.1, 0.15) is 6.42 Å². The summed E-state index contributed by atoms with van der Waals surface area (Å²) in [5.74, 6) is -2.10. The van der Waals surface area contributed by atoms with Gasteiger partial charge in [-0.15, -0.1) is 0 Å². The van der Waals surface area contributed by atoms with E-state index in [0.717, 1.165) is 0 Å². The minimum Gasteiger partial charge on any atom is -0.370 e. The van der Waals surface area contributed by atoms with Crippen molar-refractivity contribution < 1.29 is 14.4 Å². The monoisotopic (exact) mass is 188 g/mol. The van der Waals surface area contributed by atoms with E-state index in [-0.39, 0.29) is 13.0 Å². The van der Waals surface area contributed by atoms with Crippen molar-refractivity contribution in [3.8, 4) is 0 Å². The van der Waals surface area contributed by atoms with Crippen LogP contribution in [0, 0.1) is 0 Å². The summed E-state index contributed by atoms with van der Waals surface area (Å²) >= 11 is 0. The van der Waals surface area contributed by atoms with Crippen LogP contribution >= 0.6 is 0 Å². The second-order valence-electron chi connectivity index (χ2n) is 2.40. The van der Waals surface area contributed by atoms with Crippen molar-refractivity contribution >= 4 is 17.7 Å². The van der Waals surface area contributed by atoms with Crippen LogP contribution < -0.4 is 22.5 Å². The predicted molar refractivity (Wildman–Crippen MR) is 44.0 cm³/mol. The van der Waals surface area contributed by atoms with Gasteiger partial charge in [0.25, 0.3) is 0 Å². The summed E-state index contributed by atoms with van der Waals surface area (Å²) in [5, 5.41) is 2.16. The van der Waals surface area contributed by atoms with E-state index in [1.165, 1.54) is 0 Å². The number of rotatable bonds is 5. The van der Waals surface area contributed by atoms with Crippen LogP contribution in [0.4, 0.5) is 0 Å². The number of hydrogen-bond acceptors (Lipinski definition) is 4. The van der Waals surface area contributed by atoms with Gasteiger partial charge in [0.1, 0.15) is 6.04 Å². The van der Waals surface area contributed by atoms with Crippen LogP contribution in [-0.2, 0) is 14.4 Å². The highest BCUT2D eigenvalue weighted by atomic mass is 16.2. The zero-order valence-electron chi connectivity index (χ0n) is 6.95. The van der Waals surface area contributed by atoms with Crippen molar-refractivity contribution in [2.75, 3.05) is 6.54 Å². The summed E-state index contributed by atoms with van der Waals surface area (Å²) in [5.41, 5.74) is 14.7. The first-order valence-electron chi connectivity index (χ1n) is 3.54. The van der Waals surface area contributed by atoms with Gasteiger partial charge < -0.3 is 22.5 Å². The Bertz CT molecular complexity index is 228. The van der Waals surface area contributed by atoms with E-state index in [9.17, 15) is 14.4 Å². The molecule has 0 aliphatic heterocycles. The maximum absolute atomic E-state index is 10.7. The van der Waals surface area contributed by atoms with Gasteiger partial charge in [0.05, 0.1) is 13.0 Å². The lowest BCUT2D eigenvalue weighted by Gasteiger charge is -2.12. The van der Waals surface area contributed by atoms with E-state index in [0.29, 0.717) is 0 Å². The largest absolute Gasteiger partial charge is 0.370 e. The van der Waals surface area contributed by atoms with Gasteiger partial charge >= 0.3 is 0 Å². The van der Waals surface area contributed by atoms with Gasteiger partial charge in [-0.05, 0) is 0 Å². The molecule has 7 heteroatoms. The van der Waals surface area contributed by atoms with Crippen LogP contribution in [0.5, 0.6) is 0 Å². The van der Waals surface area contributed by atoms with E-state index in [4.69, 9.17) is 17.2 Å². The molecule has 0 bridgehead atoms. The van der Waals surface area contributed by atoms with E-state index in [1.807, 2.05) is 0 Å². The molecular formula is C6H12N4O3. The molecule has 7 N–H and O–H groups in total. The molecule has 7 nitrogen and oxygen atoms in total. The first-order chi connectivity index (χ1) is 5.97. The highest BCUT2D eigenvalue weighted by Crippen LogP contribution is 1.89. The van der Waals surface area contributed by atoms with Crippen LogP contribution in [-0.4, -0.2) is 30.3 Å². The van der Waals surface area contributed by atoms with E-state index in [2.05, 4.69) is 5.32 Å². The lowest BCUT2D eigenvalue weighted by Crippen LogP contribution is -2.48. The summed E-state index contributed by atoms with van der Waals surface area (Å²) in [4.78, 5) is 31.8. The zero-order chi connectivity index (χ0) is 10.4. The molecule has 74 valence electrons. The number of amides is 3. The second kappa shape index (κ2) is 5.09. The van der Waals surface area contributed by atoms with Crippen LogP contribution in [0.25, 0.3) is 0 Å². The second-order valence-corrected chi connectivity index (χ2v) is 2.40. The Balaban J connectivity index is 4.18. The first-order valence-corrected chi connectivity index (χ1v) is 3.54. The smallest absolute Gasteiger partial charge is 0.240 e. The number of nitrogens with two attached hydrogens (primary N) is 3. The minimum absolute atomic E-state index is 0.275. The molecule has 0 unspecified atom stereocenters. The van der Waals surface area contributed by atoms with Gasteiger partial charge in [-0.2, -0.15) is 0 Å². The average molecular weight is 188 g/mol. The fourth-order valence-corrected chi connectivity index (χ4v) is 0.677. The van der Waals surface area contributed by atoms with Gasteiger partial charge in [0.2, 0.25) is 17.7 Å². The van der Waals surface area contributed by atoms with Gasteiger partial charge in [-0.1, -0.05) is 0 Å². The molecule has 0 aromatic heterocycles. The molecule has 0 saturated heterocycles. The summed E-state index contributed by atoms with van der Waals surface area (Å²) in [6, 6.07) is -1.08. The van der Waals surface area contributed by atoms with Crippen molar-refractivity contribution in [1.82, 2.24) is 5.32 Å². The zero-order valence-corrected chi connectivity index (χ0v) is 6.95. The fourth-order valence-electron chi connectivity index (χ4n) is 0.677. The van der Waals surface area contributed by atoms with Crippen LogP contribution in [0.2, 0.25) is 0 Å². The Morgan fingerprint density at radius 1 is 1.23 bits per heavy atom. The van der Waals surface area contributed by atoms with Crippen LogP contribution in [0.15, 0.2) is 0 Å². The molecule has 0 aromatic rings. The first kappa shape index (κ1) is 11.4. The maximum Gasteiger partial charge on any atom is 0.240 e. The molecule has 1 atom stereocenters. The van der Waals surface area contributed by atoms with E-state index in [1.54, 1.807) is 0 Å². The van der Waals surface area contributed by atoms with Crippen molar-refractivity contribution in [3.05, 3.63) is 0 Å². The summed E-state index contributed by atoms with van der Waals surface area (Å²) in [6.07, 6.45) is -0.318. The average Bonchev–Trinajstić information content (AvgIpc) is 2.02. The Kier molecular flexibility index (Phi) is 4.45. The number of carbonyl (C=O) groups is 3. The molecular weight excluding hydrogens is 176 g/mol. The van der Waals surface area contributed by atoms with Gasteiger partial charge in [0, 0.05) is 0 Å². The quantitative estimate of drug-likeness (QED) is 0.360. The topological polar surface area (TPSA) is 141 Å². The SMILES string of the molecule is NCC(=O)N[C@@H](CC(N)=O)C(N)=O. The Labute approximate surface area is 74.6 Å². The van der Waals surface area contributed by atoms with Crippen molar-refractivity contribution in [1.29, 1.82) is 0 Å². The number of nitrogens with one attached hydrogen (secondary N) is 1. The molecule has 13 heavy (non-hydrogen) atoms. The number of primary amides is 2. The fraction of sp³-hybridized carbons (Fsp3) is 0.500. The third-order valence-corrected chi connectivity index (χ3v) is 1.27. The van der Waals surface area contributed by atoms with E-state index < -0.39 is 23.8 Å². The molecule has 3 amide bonds. The Morgan fingerprint density at radius 3 is 2.08 bits per heavy atom. The summed E-state index contributed by atoms with van der Waals surface area (Å²) in [6.45, 7) is -0.275. The maximum atomic E-state index is 10.7. The molecule has 0 aliphatic carbocycles. The third-order valence-electron chi connectivity index (χ3n) is 1.27. The third kappa shape index (κ3) is 4.75. The lowest BCUT2D eigenvalue weighted by atomic mass is 10.2. The van der Waals surface area contributed by atoms with Crippen LogP contribution in [0.3, 0.4) is 0 Å². The van der Waals surface area contributed by atoms with Gasteiger partial charge in [0.15, 0.2) is 0 Å².